The minimum Gasteiger partial charge on any atom is -0.431 e. The van der Waals surface area contributed by atoms with E-state index in [1.807, 2.05) is 36.2 Å². The summed E-state index contributed by atoms with van der Waals surface area (Å²) < 4.78 is 5.86. The van der Waals surface area contributed by atoms with Crippen LogP contribution in [-0.4, -0.2) is 28.9 Å². The molecule has 0 saturated carbocycles. The van der Waals surface area contributed by atoms with E-state index in [-0.39, 0.29) is 11.3 Å². The molecule has 2 atom stereocenters. The summed E-state index contributed by atoms with van der Waals surface area (Å²) in [6, 6.07) is 14.9. The van der Waals surface area contributed by atoms with Crippen molar-refractivity contribution < 1.29 is 9.21 Å². The Hall–Kier alpha value is -2.27. The average molecular weight is 378 g/mol. The summed E-state index contributed by atoms with van der Waals surface area (Å²) in [5.41, 5.74) is 4.57. The van der Waals surface area contributed by atoms with Gasteiger partial charge in [-0.2, -0.15) is 0 Å². The Morgan fingerprint density at radius 1 is 1.22 bits per heavy atom. The van der Waals surface area contributed by atoms with Crippen LogP contribution >= 0.6 is 11.8 Å². The first-order valence-electron chi connectivity index (χ1n) is 9.47. The number of benzene rings is 2. The van der Waals surface area contributed by atoms with Crippen molar-refractivity contribution in [1.29, 1.82) is 0 Å². The molecule has 2 aliphatic rings. The van der Waals surface area contributed by atoms with Crippen LogP contribution in [0.1, 0.15) is 37.3 Å². The molecule has 5 heteroatoms. The second kappa shape index (κ2) is 6.13. The molecule has 1 fully saturated rings. The Labute approximate surface area is 163 Å². The molecule has 0 radical (unpaired) electrons. The van der Waals surface area contributed by atoms with Gasteiger partial charge >= 0.3 is 0 Å². The van der Waals surface area contributed by atoms with Gasteiger partial charge in [0.1, 0.15) is 5.52 Å². The number of fused-ring (bicyclic) bond motifs is 4. The number of piperidine rings is 1. The lowest BCUT2D eigenvalue weighted by atomic mass is 9.63. The average Bonchev–Trinajstić information content (AvgIpc) is 3.07. The number of oxazole rings is 1. The molecule has 1 amide bonds. The summed E-state index contributed by atoms with van der Waals surface area (Å²) >= 11 is 1.57. The highest BCUT2D eigenvalue weighted by atomic mass is 32.2. The van der Waals surface area contributed by atoms with E-state index in [0.29, 0.717) is 17.7 Å². The minimum absolute atomic E-state index is 0.0526. The highest BCUT2D eigenvalue weighted by molar-refractivity contribution is 7.99. The summed E-state index contributed by atoms with van der Waals surface area (Å²) in [7, 11) is 1.97. The maximum Gasteiger partial charge on any atom is 0.261 e. The first kappa shape index (κ1) is 16.9. The summed E-state index contributed by atoms with van der Waals surface area (Å²) in [6.45, 7) is 2.33. The van der Waals surface area contributed by atoms with Crippen molar-refractivity contribution in [3.63, 3.8) is 0 Å². The van der Waals surface area contributed by atoms with Gasteiger partial charge in [-0.3, -0.25) is 4.79 Å². The fraction of sp³-hybridized carbons (Fsp3) is 0.364. The van der Waals surface area contributed by atoms with Crippen LogP contribution in [0.15, 0.2) is 57.0 Å². The Morgan fingerprint density at radius 3 is 2.93 bits per heavy atom. The lowest BCUT2D eigenvalue weighted by Gasteiger charge is -2.50. The highest BCUT2D eigenvalue weighted by Gasteiger charge is 2.46. The van der Waals surface area contributed by atoms with Crippen molar-refractivity contribution >= 4 is 28.8 Å². The summed E-state index contributed by atoms with van der Waals surface area (Å²) in [6.07, 6.45) is 3.62. The first-order chi connectivity index (χ1) is 13.0. The van der Waals surface area contributed by atoms with E-state index in [0.717, 1.165) is 35.3 Å². The summed E-state index contributed by atoms with van der Waals surface area (Å²) in [5, 5.41) is 0.680. The van der Waals surface area contributed by atoms with Crippen LogP contribution in [0.25, 0.3) is 11.1 Å². The van der Waals surface area contributed by atoms with Crippen LogP contribution in [-0.2, 0) is 16.6 Å². The van der Waals surface area contributed by atoms with Crippen LogP contribution in [0.2, 0.25) is 0 Å². The number of carbonyl (C=O) groups is 1. The lowest BCUT2D eigenvalue weighted by Crippen LogP contribution is -2.56. The van der Waals surface area contributed by atoms with Gasteiger partial charge in [-0.15, -0.1) is 0 Å². The van der Waals surface area contributed by atoms with Crippen LogP contribution in [0.4, 0.5) is 0 Å². The maximum atomic E-state index is 12.1. The standard InChI is InChI=1S/C22H22N2O2S/c1-22-12-11-20(25)24(2)19(22)10-7-14-13-15(8-9-16(14)22)27-21-23-17-5-3-4-6-18(17)26-21/h3-6,8-9,13,19H,7,10-12H2,1-2H3/t19?,22-/m1/s1. The second-order valence-corrected chi connectivity index (χ2v) is 8.87. The van der Waals surface area contributed by atoms with Crippen LogP contribution in [0, 0.1) is 0 Å². The molecule has 27 heavy (non-hydrogen) atoms. The maximum absolute atomic E-state index is 12.1. The molecule has 0 bridgehead atoms. The normalized spacial score (nSPS) is 24.7. The predicted octanol–water partition coefficient (Wildman–Crippen LogP) is 4.80. The van der Waals surface area contributed by atoms with E-state index in [1.165, 1.54) is 11.1 Å². The van der Waals surface area contributed by atoms with Gasteiger partial charge in [0.2, 0.25) is 5.91 Å². The molecule has 1 unspecified atom stereocenters. The molecule has 0 N–H and O–H groups in total. The number of aryl methyl sites for hydroxylation is 1. The molecular formula is C22H22N2O2S. The van der Waals surface area contributed by atoms with E-state index in [4.69, 9.17) is 4.42 Å². The van der Waals surface area contributed by atoms with E-state index < -0.39 is 0 Å². The minimum atomic E-state index is 0.0526. The zero-order valence-electron chi connectivity index (χ0n) is 15.6. The number of likely N-dealkylation sites (N-methyl/N-ethyl adjacent to an activating group) is 1. The molecule has 2 heterocycles. The third-order valence-electron chi connectivity index (χ3n) is 6.31. The number of rotatable bonds is 2. The first-order valence-corrected chi connectivity index (χ1v) is 10.3. The van der Waals surface area contributed by atoms with Gasteiger partial charge in [0.25, 0.3) is 5.22 Å². The Balaban J connectivity index is 1.46. The molecule has 2 aromatic carbocycles. The highest BCUT2D eigenvalue weighted by Crippen LogP contribution is 2.46. The predicted molar refractivity (Wildman–Crippen MR) is 106 cm³/mol. The lowest BCUT2D eigenvalue weighted by molar-refractivity contribution is -0.138. The molecule has 1 aliphatic heterocycles. The zero-order chi connectivity index (χ0) is 18.6. The van der Waals surface area contributed by atoms with E-state index in [9.17, 15) is 4.79 Å². The molecule has 138 valence electrons. The van der Waals surface area contributed by atoms with Crippen molar-refractivity contribution in [3.8, 4) is 0 Å². The summed E-state index contributed by atoms with van der Waals surface area (Å²) in [4.78, 5) is 19.8. The Kier molecular flexibility index (Phi) is 3.83. The number of hydrogen-bond acceptors (Lipinski definition) is 4. The molecule has 5 rings (SSSR count). The molecule has 3 aromatic rings. The van der Waals surface area contributed by atoms with Gasteiger partial charge in [0.05, 0.1) is 0 Å². The molecule has 1 aromatic heterocycles. The van der Waals surface area contributed by atoms with Gasteiger partial charge in [-0.05, 0) is 66.4 Å². The number of hydrogen-bond donors (Lipinski definition) is 0. The Morgan fingerprint density at radius 2 is 2.07 bits per heavy atom. The summed E-state index contributed by atoms with van der Waals surface area (Å²) in [5.74, 6) is 0.282. The Bertz CT molecular complexity index is 1010. The van der Waals surface area contributed by atoms with Crippen molar-refractivity contribution in [2.45, 2.75) is 54.2 Å². The van der Waals surface area contributed by atoms with Crippen molar-refractivity contribution in [2.75, 3.05) is 7.05 Å². The molecule has 1 saturated heterocycles. The third-order valence-corrected chi connectivity index (χ3v) is 7.15. The molecule has 4 nitrogen and oxygen atoms in total. The number of para-hydroxylation sites is 2. The fourth-order valence-electron chi connectivity index (χ4n) is 4.82. The fourth-order valence-corrected chi connectivity index (χ4v) is 5.64. The van der Waals surface area contributed by atoms with E-state index in [2.05, 4.69) is 30.1 Å². The number of aromatic nitrogens is 1. The smallest absolute Gasteiger partial charge is 0.261 e. The van der Waals surface area contributed by atoms with Gasteiger partial charge < -0.3 is 9.32 Å². The van der Waals surface area contributed by atoms with E-state index in [1.54, 1.807) is 11.8 Å². The van der Waals surface area contributed by atoms with Crippen molar-refractivity contribution in [3.05, 3.63) is 53.6 Å². The van der Waals surface area contributed by atoms with Gasteiger partial charge in [-0.1, -0.05) is 25.1 Å². The number of nitrogens with zero attached hydrogens (tertiary/aromatic N) is 2. The molecule has 1 aliphatic carbocycles. The van der Waals surface area contributed by atoms with Gasteiger partial charge in [0, 0.05) is 29.8 Å². The monoisotopic (exact) mass is 378 g/mol. The van der Waals surface area contributed by atoms with Crippen molar-refractivity contribution in [2.24, 2.45) is 0 Å². The van der Waals surface area contributed by atoms with Crippen LogP contribution < -0.4 is 0 Å². The third kappa shape index (κ3) is 2.67. The van der Waals surface area contributed by atoms with Gasteiger partial charge in [-0.25, -0.2) is 4.98 Å². The second-order valence-electron chi connectivity index (χ2n) is 7.85. The van der Waals surface area contributed by atoms with Crippen molar-refractivity contribution in [1.82, 2.24) is 9.88 Å². The number of amides is 1. The quantitative estimate of drug-likeness (QED) is 0.642. The van der Waals surface area contributed by atoms with E-state index >= 15 is 0 Å². The molecular weight excluding hydrogens is 356 g/mol. The van der Waals surface area contributed by atoms with Crippen LogP contribution in [0.3, 0.4) is 0 Å². The molecule has 0 spiro atoms. The number of likely N-dealkylation sites (tertiary alicyclic amines) is 1. The largest absolute Gasteiger partial charge is 0.431 e. The SMILES string of the molecule is CN1C(=O)CC[C@]2(C)c3ccc(Sc4nc5ccccc5o4)cc3CCC12. The zero-order valence-corrected chi connectivity index (χ0v) is 16.4. The van der Waals surface area contributed by atoms with Gasteiger partial charge in [0.15, 0.2) is 5.58 Å². The van der Waals surface area contributed by atoms with Crippen LogP contribution in [0.5, 0.6) is 0 Å². The number of carbonyl (C=O) groups excluding carboxylic acids is 1. The topological polar surface area (TPSA) is 46.3 Å².